The van der Waals surface area contributed by atoms with Crippen LogP contribution in [0.1, 0.15) is 63.4 Å². The van der Waals surface area contributed by atoms with Gasteiger partial charge in [0, 0.05) is 4.75 Å². The van der Waals surface area contributed by atoms with Gasteiger partial charge in [-0.2, -0.15) is 0 Å². The summed E-state index contributed by atoms with van der Waals surface area (Å²) >= 11 is 1.68. The Kier molecular flexibility index (Phi) is 5.24. The largest absolute Gasteiger partial charge is 0.340 e. The van der Waals surface area contributed by atoms with Crippen LogP contribution >= 0.6 is 11.8 Å². The quantitative estimate of drug-likeness (QED) is 0.657. The number of carbonyl (C=O) groups excluding carboxylic acids is 2. The highest BCUT2D eigenvalue weighted by atomic mass is 32.2. The van der Waals surface area contributed by atoms with E-state index in [0.717, 1.165) is 24.8 Å². The van der Waals surface area contributed by atoms with Gasteiger partial charge in [-0.25, -0.2) is 4.68 Å². The van der Waals surface area contributed by atoms with Gasteiger partial charge in [-0.15, -0.1) is 16.9 Å². The van der Waals surface area contributed by atoms with Crippen molar-refractivity contribution in [2.24, 2.45) is 5.73 Å². The summed E-state index contributed by atoms with van der Waals surface area (Å²) in [4.78, 5) is 28.0. The van der Waals surface area contributed by atoms with Crippen LogP contribution in [0.4, 0.5) is 0 Å². The molecule has 1 aliphatic carbocycles. The number of tetrazole rings is 1. The summed E-state index contributed by atoms with van der Waals surface area (Å²) in [5.74, 6) is 0.362. The molecule has 0 spiro atoms. The third-order valence-electron chi connectivity index (χ3n) is 6.90. The Bertz CT molecular complexity index is 1020. The number of β-lactam (4-membered cyclic amide) rings is 1. The SMILES string of the molecule is CC1(C)S[C@@H]2C(NC(=O)C3(N)CCCCC3)C(=O)N2C1c1nnnn1Cc1ccccc1. The van der Waals surface area contributed by atoms with Crippen LogP contribution in [0.3, 0.4) is 0 Å². The Labute approximate surface area is 191 Å². The Morgan fingerprint density at radius 2 is 1.94 bits per heavy atom. The van der Waals surface area contributed by atoms with E-state index in [-0.39, 0.29) is 28.0 Å². The van der Waals surface area contributed by atoms with Gasteiger partial charge in [0.15, 0.2) is 5.82 Å². The molecular weight excluding hydrogens is 426 g/mol. The van der Waals surface area contributed by atoms with Crippen LogP contribution in [0.2, 0.25) is 0 Å². The van der Waals surface area contributed by atoms with Gasteiger partial charge in [-0.1, -0.05) is 49.6 Å². The molecule has 32 heavy (non-hydrogen) atoms. The Balaban J connectivity index is 1.35. The third kappa shape index (κ3) is 3.49. The van der Waals surface area contributed by atoms with E-state index in [1.54, 1.807) is 16.4 Å². The van der Waals surface area contributed by atoms with Gasteiger partial charge >= 0.3 is 0 Å². The highest BCUT2D eigenvalue weighted by Crippen LogP contribution is 2.57. The maximum absolute atomic E-state index is 13.2. The van der Waals surface area contributed by atoms with E-state index >= 15 is 0 Å². The Morgan fingerprint density at radius 3 is 2.66 bits per heavy atom. The molecular formula is C22H29N7O2S. The standard InChI is InChI=1S/C22H29N7O2S/c1-21(2)16(17-25-26-27-28(17)13-14-9-5-3-6-10-14)29-18(30)15(19(29)32-21)24-20(31)22(23)11-7-4-8-12-22/h3,5-6,9-10,15-16,19H,4,7-8,11-13,23H2,1-2H3,(H,24,31)/t15?,16?,19-/m1/s1. The van der Waals surface area contributed by atoms with E-state index in [0.29, 0.717) is 25.2 Å². The lowest BCUT2D eigenvalue weighted by atomic mass is 9.81. The summed E-state index contributed by atoms with van der Waals surface area (Å²) in [6.45, 7) is 4.72. The van der Waals surface area contributed by atoms with Crippen LogP contribution in [0.25, 0.3) is 0 Å². The maximum Gasteiger partial charge on any atom is 0.249 e. The summed E-state index contributed by atoms with van der Waals surface area (Å²) < 4.78 is 1.45. The first kappa shape index (κ1) is 21.4. The number of amides is 2. The zero-order chi connectivity index (χ0) is 22.5. The molecule has 2 saturated heterocycles. The normalized spacial score (nSPS) is 28.2. The van der Waals surface area contributed by atoms with Crippen molar-refractivity contribution < 1.29 is 9.59 Å². The number of hydrogen-bond acceptors (Lipinski definition) is 7. The second kappa shape index (κ2) is 7.84. The van der Waals surface area contributed by atoms with Crippen molar-refractivity contribution in [2.75, 3.05) is 0 Å². The number of benzene rings is 1. The van der Waals surface area contributed by atoms with E-state index < -0.39 is 11.6 Å². The molecule has 3 heterocycles. The average molecular weight is 456 g/mol. The number of carbonyl (C=O) groups is 2. The van der Waals surface area contributed by atoms with Crippen molar-refractivity contribution in [3.05, 3.63) is 41.7 Å². The molecule has 9 nitrogen and oxygen atoms in total. The summed E-state index contributed by atoms with van der Waals surface area (Å²) in [5.41, 5.74) is 6.61. The van der Waals surface area contributed by atoms with Crippen molar-refractivity contribution >= 4 is 23.6 Å². The van der Waals surface area contributed by atoms with E-state index in [1.807, 2.05) is 35.2 Å². The molecule has 5 rings (SSSR count). The van der Waals surface area contributed by atoms with Crippen molar-refractivity contribution in [1.82, 2.24) is 30.4 Å². The number of nitrogens with zero attached hydrogens (tertiary/aromatic N) is 5. The topological polar surface area (TPSA) is 119 Å². The van der Waals surface area contributed by atoms with Gasteiger partial charge in [0.25, 0.3) is 0 Å². The first-order valence-electron chi connectivity index (χ1n) is 11.2. The molecule has 3 aliphatic rings. The van der Waals surface area contributed by atoms with Crippen molar-refractivity contribution in [3.63, 3.8) is 0 Å². The van der Waals surface area contributed by atoms with Gasteiger partial charge in [-0.3, -0.25) is 9.59 Å². The molecule has 1 saturated carbocycles. The predicted molar refractivity (Wildman–Crippen MR) is 120 cm³/mol. The van der Waals surface area contributed by atoms with E-state index in [9.17, 15) is 9.59 Å². The van der Waals surface area contributed by atoms with Crippen LogP contribution in [0.15, 0.2) is 30.3 Å². The van der Waals surface area contributed by atoms with E-state index in [2.05, 4.69) is 34.7 Å². The fourth-order valence-electron chi connectivity index (χ4n) is 5.14. The molecule has 3 N–H and O–H groups in total. The average Bonchev–Trinajstić information content (AvgIpc) is 3.32. The molecule has 10 heteroatoms. The summed E-state index contributed by atoms with van der Waals surface area (Å²) in [6.07, 6.45) is 4.35. The lowest BCUT2D eigenvalue weighted by Gasteiger charge is -2.45. The third-order valence-corrected chi connectivity index (χ3v) is 8.48. The molecule has 3 atom stereocenters. The minimum Gasteiger partial charge on any atom is -0.340 e. The second-order valence-electron chi connectivity index (χ2n) is 9.61. The summed E-state index contributed by atoms with van der Waals surface area (Å²) in [7, 11) is 0. The zero-order valence-corrected chi connectivity index (χ0v) is 19.2. The number of rotatable bonds is 5. The fraction of sp³-hybridized carbons (Fsp3) is 0.591. The molecule has 1 aromatic carbocycles. The highest BCUT2D eigenvalue weighted by Gasteiger charge is 2.63. The molecule has 3 fully saturated rings. The molecule has 0 radical (unpaired) electrons. The number of hydrogen-bond donors (Lipinski definition) is 2. The lowest BCUT2D eigenvalue weighted by molar-refractivity contribution is -0.152. The van der Waals surface area contributed by atoms with Gasteiger partial charge < -0.3 is 16.0 Å². The number of fused-ring (bicyclic) bond motifs is 1. The van der Waals surface area contributed by atoms with Crippen LogP contribution in [0, 0.1) is 0 Å². The minimum absolute atomic E-state index is 0.0971. The fourth-order valence-corrected chi connectivity index (χ4v) is 6.77. The molecule has 0 bridgehead atoms. The van der Waals surface area contributed by atoms with Gasteiger partial charge in [0.05, 0.1) is 12.1 Å². The van der Waals surface area contributed by atoms with E-state index in [4.69, 9.17) is 5.73 Å². The maximum atomic E-state index is 13.2. The number of nitrogens with two attached hydrogens (primary N) is 1. The highest BCUT2D eigenvalue weighted by molar-refractivity contribution is 8.01. The Hall–Kier alpha value is -2.46. The zero-order valence-electron chi connectivity index (χ0n) is 18.4. The predicted octanol–water partition coefficient (Wildman–Crippen LogP) is 1.60. The van der Waals surface area contributed by atoms with Gasteiger partial charge in [0.1, 0.15) is 17.5 Å². The molecule has 2 aliphatic heterocycles. The van der Waals surface area contributed by atoms with Crippen LogP contribution < -0.4 is 11.1 Å². The van der Waals surface area contributed by atoms with Gasteiger partial charge in [0.2, 0.25) is 11.8 Å². The van der Waals surface area contributed by atoms with Crippen LogP contribution in [-0.2, 0) is 16.1 Å². The van der Waals surface area contributed by atoms with Crippen molar-refractivity contribution in [3.8, 4) is 0 Å². The van der Waals surface area contributed by atoms with E-state index in [1.165, 1.54) is 0 Å². The number of aromatic nitrogens is 4. The second-order valence-corrected chi connectivity index (χ2v) is 11.4. The smallest absolute Gasteiger partial charge is 0.249 e. The lowest BCUT2D eigenvalue weighted by Crippen LogP contribution is -2.70. The first-order chi connectivity index (χ1) is 15.3. The number of nitrogens with one attached hydrogen (secondary N) is 1. The Morgan fingerprint density at radius 1 is 1.22 bits per heavy atom. The molecule has 2 unspecified atom stereocenters. The molecule has 1 aromatic heterocycles. The minimum atomic E-state index is -0.864. The summed E-state index contributed by atoms with van der Waals surface area (Å²) in [5, 5.41) is 15.2. The molecule has 2 aromatic rings. The van der Waals surface area contributed by atoms with Crippen LogP contribution in [0.5, 0.6) is 0 Å². The monoisotopic (exact) mass is 455 g/mol. The van der Waals surface area contributed by atoms with Crippen molar-refractivity contribution in [1.29, 1.82) is 0 Å². The number of thioether (sulfide) groups is 1. The van der Waals surface area contributed by atoms with Gasteiger partial charge in [-0.05, 0) is 42.7 Å². The first-order valence-corrected chi connectivity index (χ1v) is 12.1. The summed E-state index contributed by atoms with van der Waals surface area (Å²) in [6, 6.07) is 9.14. The van der Waals surface area contributed by atoms with Crippen LogP contribution in [-0.4, -0.2) is 58.6 Å². The molecule has 2 amide bonds. The molecule has 170 valence electrons. The van der Waals surface area contributed by atoms with Crippen molar-refractivity contribution in [2.45, 2.75) is 80.2 Å².